The van der Waals surface area contributed by atoms with Crippen LogP contribution in [0.25, 0.3) is 0 Å². The highest BCUT2D eigenvalue weighted by atomic mass is 16.5. The van der Waals surface area contributed by atoms with E-state index >= 15 is 0 Å². The summed E-state index contributed by atoms with van der Waals surface area (Å²) in [7, 11) is 0. The van der Waals surface area contributed by atoms with Gasteiger partial charge in [0.2, 0.25) is 0 Å². The monoisotopic (exact) mass is 330 g/mol. The fraction of sp³-hybridized carbons (Fsp3) is 0.591. The third-order valence-corrected chi connectivity index (χ3v) is 4.10. The lowest BCUT2D eigenvalue weighted by molar-refractivity contribution is -0.144. The summed E-state index contributed by atoms with van der Waals surface area (Å²) in [4.78, 5) is 11.5. The quantitative estimate of drug-likeness (QED) is 0.229. The normalized spacial score (nSPS) is 20.8. The number of carbonyl (C=O) groups excluding carboxylic acids is 1. The second kappa shape index (κ2) is 13.8. The summed E-state index contributed by atoms with van der Waals surface area (Å²) < 4.78 is 5.02. The molecule has 0 radical (unpaired) electrons. The van der Waals surface area contributed by atoms with Gasteiger partial charge in [0.05, 0.1) is 12.5 Å². The highest BCUT2D eigenvalue weighted by Gasteiger charge is 2.42. The first-order valence-electron chi connectivity index (χ1n) is 9.57. The van der Waals surface area contributed by atoms with E-state index in [0.29, 0.717) is 12.5 Å². The molecular formula is C22H34O2. The van der Waals surface area contributed by atoms with Gasteiger partial charge < -0.3 is 4.74 Å². The molecule has 0 aromatic heterocycles. The molecule has 0 spiro atoms. The summed E-state index contributed by atoms with van der Waals surface area (Å²) in [5.74, 6) is 0.483. The zero-order chi connectivity index (χ0) is 17.5. The Hall–Kier alpha value is -1.57. The van der Waals surface area contributed by atoms with Crippen molar-refractivity contribution in [3.05, 3.63) is 48.6 Å². The van der Waals surface area contributed by atoms with Crippen LogP contribution >= 0.6 is 0 Å². The van der Waals surface area contributed by atoms with E-state index in [4.69, 9.17) is 4.74 Å². The first kappa shape index (κ1) is 20.5. The van der Waals surface area contributed by atoms with E-state index in [1.807, 2.05) is 6.92 Å². The van der Waals surface area contributed by atoms with E-state index in [1.54, 1.807) is 0 Å². The molecule has 0 amide bonds. The zero-order valence-corrected chi connectivity index (χ0v) is 15.5. The van der Waals surface area contributed by atoms with E-state index in [9.17, 15) is 4.79 Å². The molecule has 1 aliphatic rings. The summed E-state index contributed by atoms with van der Waals surface area (Å²) in [5, 5.41) is 0. The lowest BCUT2D eigenvalue weighted by Crippen LogP contribution is -2.06. The van der Waals surface area contributed by atoms with Gasteiger partial charge in [-0.25, -0.2) is 0 Å². The van der Waals surface area contributed by atoms with Crippen molar-refractivity contribution < 1.29 is 9.53 Å². The fourth-order valence-electron chi connectivity index (χ4n) is 2.55. The van der Waals surface area contributed by atoms with Crippen molar-refractivity contribution in [1.82, 2.24) is 0 Å². The van der Waals surface area contributed by atoms with Crippen LogP contribution in [0, 0.1) is 11.8 Å². The number of allylic oxidation sites excluding steroid dienone is 8. The van der Waals surface area contributed by atoms with Crippen LogP contribution in [0.1, 0.15) is 65.2 Å². The van der Waals surface area contributed by atoms with Crippen LogP contribution in [0.3, 0.4) is 0 Å². The molecule has 1 fully saturated rings. The molecule has 2 atom stereocenters. The molecule has 0 heterocycles. The van der Waals surface area contributed by atoms with Crippen LogP contribution in [0.2, 0.25) is 0 Å². The average molecular weight is 331 g/mol. The van der Waals surface area contributed by atoms with Gasteiger partial charge in [-0.05, 0) is 51.4 Å². The van der Waals surface area contributed by atoms with E-state index in [2.05, 4.69) is 55.5 Å². The molecule has 1 aliphatic carbocycles. The van der Waals surface area contributed by atoms with Gasteiger partial charge in [-0.3, -0.25) is 4.79 Å². The van der Waals surface area contributed by atoms with Crippen molar-refractivity contribution in [3.63, 3.8) is 0 Å². The molecule has 1 rings (SSSR count). The van der Waals surface area contributed by atoms with Gasteiger partial charge in [0.15, 0.2) is 0 Å². The van der Waals surface area contributed by atoms with E-state index in [1.165, 1.54) is 25.7 Å². The molecule has 0 bridgehead atoms. The Kier molecular flexibility index (Phi) is 11.8. The summed E-state index contributed by atoms with van der Waals surface area (Å²) >= 11 is 0. The van der Waals surface area contributed by atoms with Crippen LogP contribution in [0.5, 0.6) is 0 Å². The third kappa shape index (κ3) is 10.3. The minimum absolute atomic E-state index is 0.0350. The van der Waals surface area contributed by atoms with E-state index in [-0.39, 0.29) is 11.9 Å². The van der Waals surface area contributed by atoms with Gasteiger partial charge in [0, 0.05) is 0 Å². The van der Waals surface area contributed by atoms with Gasteiger partial charge in [-0.1, -0.05) is 68.4 Å². The molecule has 0 aromatic carbocycles. The maximum absolute atomic E-state index is 11.5. The molecule has 1 saturated carbocycles. The summed E-state index contributed by atoms with van der Waals surface area (Å²) in [6.07, 6.45) is 26.8. The van der Waals surface area contributed by atoms with Crippen molar-refractivity contribution in [1.29, 1.82) is 0 Å². The lowest BCUT2D eigenvalue weighted by atomic mass is 10.2. The largest absolute Gasteiger partial charge is 0.466 e. The van der Waals surface area contributed by atoms with Gasteiger partial charge in [-0.2, -0.15) is 0 Å². The van der Waals surface area contributed by atoms with Crippen molar-refractivity contribution >= 4 is 5.97 Å². The average Bonchev–Trinajstić information content (AvgIpc) is 3.35. The Bertz CT molecular complexity index is 443. The Morgan fingerprint density at radius 1 is 0.917 bits per heavy atom. The topological polar surface area (TPSA) is 26.3 Å². The Balaban J connectivity index is 1.97. The Morgan fingerprint density at radius 2 is 1.54 bits per heavy atom. The van der Waals surface area contributed by atoms with Crippen LogP contribution in [-0.2, 0) is 9.53 Å². The SMILES string of the molecule is CCCCC/C=C\C/C=C\C/C=C\C/C=C\C1CC1C(=O)OCC. The second-order valence-electron chi connectivity index (χ2n) is 6.30. The number of rotatable bonds is 13. The number of unbranched alkanes of at least 4 members (excludes halogenated alkanes) is 3. The molecule has 2 nitrogen and oxygen atoms in total. The van der Waals surface area contributed by atoms with E-state index in [0.717, 1.165) is 25.7 Å². The molecule has 24 heavy (non-hydrogen) atoms. The second-order valence-corrected chi connectivity index (χ2v) is 6.30. The highest BCUT2D eigenvalue weighted by Crippen LogP contribution is 2.40. The highest BCUT2D eigenvalue weighted by molar-refractivity contribution is 5.76. The van der Waals surface area contributed by atoms with Gasteiger partial charge in [0.25, 0.3) is 0 Å². The summed E-state index contributed by atoms with van der Waals surface area (Å²) in [5.41, 5.74) is 0. The number of carbonyl (C=O) groups is 1. The molecule has 0 N–H and O–H groups in total. The minimum atomic E-state index is -0.0350. The van der Waals surface area contributed by atoms with Crippen LogP contribution in [0.15, 0.2) is 48.6 Å². The van der Waals surface area contributed by atoms with Crippen LogP contribution < -0.4 is 0 Å². The third-order valence-electron chi connectivity index (χ3n) is 4.10. The fourth-order valence-corrected chi connectivity index (χ4v) is 2.55. The number of hydrogen-bond acceptors (Lipinski definition) is 2. The molecule has 2 unspecified atom stereocenters. The predicted molar refractivity (Wildman–Crippen MR) is 103 cm³/mol. The number of hydrogen-bond donors (Lipinski definition) is 0. The Labute approximate surface area is 148 Å². The molecule has 134 valence electrons. The van der Waals surface area contributed by atoms with E-state index < -0.39 is 0 Å². The van der Waals surface area contributed by atoms with Crippen LogP contribution in [0.4, 0.5) is 0 Å². The maximum atomic E-state index is 11.5. The lowest BCUT2D eigenvalue weighted by Gasteiger charge is -1.97. The van der Waals surface area contributed by atoms with Gasteiger partial charge >= 0.3 is 5.97 Å². The predicted octanol–water partition coefficient (Wildman–Crippen LogP) is 6.16. The molecule has 0 aliphatic heterocycles. The van der Waals surface area contributed by atoms with Gasteiger partial charge in [0.1, 0.15) is 0 Å². The van der Waals surface area contributed by atoms with Crippen molar-refractivity contribution in [2.75, 3.05) is 6.61 Å². The standard InChI is InChI=1S/C22H34O2/c1-3-5-6-7-8-9-10-11-12-13-14-15-16-17-18-20-19-21(20)22(23)24-4-2/h8-9,11-12,14-15,17-18,20-21H,3-7,10,13,16,19H2,1-2H3/b9-8-,12-11-,15-14-,18-17-. The number of esters is 1. The first-order chi connectivity index (χ1) is 11.8. The number of ether oxygens (including phenoxy) is 1. The molecule has 2 heteroatoms. The van der Waals surface area contributed by atoms with Crippen molar-refractivity contribution in [2.45, 2.75) is 65.2 Å². The zero-order valence-electron chi connectivity index (χ0n) is 15.5. The molecule has 0 aromatic rings. The summed E-state index contributed by atoms with van der Waals surface area (Å²) in [6.45, 7) is 4.58. The Morgan fingerprint density at radius 3 is 2.17 bits per heavy atom. The maximum Gasteiger partial charge on any atom is 0.309 e. The van der Waals surface area contributed by atoms with Gasteiger partial charge in [-0.15, -0.1) is 0 Å². The smallest absolute Gasteiger partial charge is 0.309 e. The first-order valence-corrected chi connectivity index (χ1v) is 9.57. The minimum Gasteiger partial charge on any atom is -0.466 e. The van der Waals surface area contributed by atoms with Crippen LogP contribution in [-0.4, -0.2) is 12.6 Å². The summed E-state index contributed by atoms with van der Waals surface area (Å²) in [6, 6.07) is 0. The van der Waals surface area contributed by atoms with Crippen molar-refractivity contribution in [3.8, 4) is 0 Å². The molecule has 0 saturated heterocycles. The van der Waals surface area contributed by atoms with Crippen molar-refractivity contribution in [2.24, 2.45) is 11.8 Å². The molecular weight excluding hydrogens is 296 g/mol.